The predicted octanol–water partition coefficient (Wildman–Crippen LogP) is 6.16. The molecule has 1 unspecified atom stereocenters. The second-order valence-electron chi connectivity index (χ2n) is 8.26. The zero-order valence-corrected chi connectivity index (χ0v) is 22.0. The Bertz CT molecular complexity index is 1640. The van der Waals surface area contributed by atoms with Crippen LogP contribution < -0.4 is 4.90 Å². The number of thioether (sulfide) groups is 1. The molecule has 2 heterocycles. The number of amides is 1. The first-order valence-corrected chi connectivity index (χ1v) is 13.4. The molecule has 1 fully saturated rings. The number of hydrogen-bond donors (Lipinski definition) is 1. The molecule has 39 heavy (non-hydrogen) atoms. The van der Waals surface area contributed by atoms with Crippen molar-refractivity contribution < 1.29 is 24.0 Å². The topological polar surface area (TPSA) is 127 Å². The minimum absolute atomic E-state index is 0.0634. The number of halogens is 2. The number of benzene rings is 3. The van der Waals surface area contributed by atoms with Crippen molar-refractivity contribution in [3.05, 3.63) is 116 Å². The van der Waals surface area contributed by atoms with Crippen LogP contribution in [0.2, 0.25) is 5.02 Å². The Morgan fingerprint density at radius 3 is 2.56 bits per heavy atom. The van der Waals surface area contributed by atoms with Gasteiger partial charge in [-0.15, -0.1) is 10.2 Å². The molecule has 0 saturated carbocycles. The number of Topliss-reactive ketones (excluding diaryl/α,β-unsaturated/α-hetero) is 1. The summed E-state index contributed by atoms with van der Waals surface area (Å²) in [5.74, 6) is -2.64. The number of aliphatic hydroxyl groups is 1. The van der Waals surface area contributed by atoms with Gasteiger partial charge >= 0.3 is 5.91 Å². The van der Waals surface area contributed by atoms with E-state index < -0.39 is 34.2 Å². The minimum Gasteiger partial charge on any atom is -0.507 e. The minimum atomic E-state index is -1.25. The maximum atomic E-state index is 13.5. The van der Waals surface area contributed by atoms with Gasteiger partial charge < -0.3 is 5.11 Å². The van der Waals surface area contributed by atoms with Crippen LogP contribution in [0.1, 0.15) is 22.7 Å². The number of aliphatic hydroxyl groups excluding tert-OH is 1. The first-order chi connectivity index (χ1) is 18.7. The second kappa shape index (κ2) is 10.9. The van der Waals surface area contributed by atoms with Crippen LogP contribution in [-0.4, -0.2) is 31.9 Å². The van der Waals surface area contributed by atoms with Gasteiger partial charge in [-0.3, -0.25) is 24.6 Å². The average molecular weight is 583 g/mol. The molecule has 9 nitrogen and oxygen atoms in total. The molecule has 1 N–H and O–H groups in total. The molecule has 1 aromatic heterocycles. The number of hydrogen-bond acceptors (Lipinski definition) is 9. The maximum Gasteiger partial charge on any atom is 0.301 e. The number of nitro benzene ring substituents is 1. The van der Waals surface area contributed by atoms with E-state index in [-0.39, 0.29) is 27.5 Å². The van der Waals surface area contributed by atoms with Crippen molar-refractivity contribution in [2.75, 3.05) is 4.90 Å². The molecule has 3 aromatic carbocycles. The smallest absolute Gasteiger partial charge is 0.301 e. The SMILES string of the molecule is O=C1C(=O)N(c2nnc(SCc3ccccc3Cl)s2)C(c2cccc([N+](=O)[O-])c2)/C1=C(/O)c1ccc(F)cc1. The summed E-state index contributed by atoms with van der Waals surface area (Å²) in [6.07, 6.45) is 0. The molecule has 196 valence electrons. The molecule has 1 aliphatic heterocycles. The van der Waals surface area contributed by atoms with Crippen molar-refractivity contribution >= 4 is 63.0 Å². The third-order valence-electron chi connectivity index (χ3n) is 5.87. The number of carbonyl (C=O) groups is 2. The Kier molecular flexibility index (Phi) is 7.42. The number of non-ortho nitro benzene ring substituents is 1. The van der Waals surface area contributed by atoms with Crippen LogP contribution in [0, 0.1) is 15.9 Å². The molecule has 0 spiro atoms. The van der Waals surface area contributed by atoms with Gasteiger partial charge in [0.2, 0.25) is 5.13 Å². The van der Waals surface area contributed by atoms with Gasteiger partial charge in [0.25, 0.3) is 11.5 Å². The monoisotopic (exact) mass is 582 g/mol. The fourth-order valence-corrected chi connectivity index (χ4v) is 6.18. The van der Waals surface area contributed by atoms with Crippen molar-refractivity contribution in [2.45, 2.75) is 16.1 Å². The summed E-state index contributed by atoms with van der Waals surface area (Å²) in [5, 5.41) is 31.4. The van der Waals surface area contributed by atoms with Crippen molar-refractivity contribution in [1.82, 2.24) is 10.2 Å². The summed E-state index contributed by atoms with van der Waals surface area (Å²) in [7, 11) is 0. The van der Waals surface area contributed by atoms with Gasteiger partial charge in [0.15, 0.2) is 4.34 Å². The van der Waals surface area contributed by atoms with Crippen LogP contribution in [-0.2, 0) is 15.3 Å². The van der Waals surface area contributed by atoms with E-state index in [2.05, 4.69) is 10.2 Å². The summed E-state index contributed by atoms with van der Waals surface area (Å²) >= 11 is 8.60. The molecule has 0 aliphatic carbocycles. The summed E-state index contributed by atoms with van der Waals surface area (Å²) in [5.41, 5.74) is 0.587. The van der Waals surface area contributed by atoms with E-state index in [1.165, 1.54) is 48.2 Å². The number of anilines is 1. The summed E-state index contributed by atoms with van der Waals surface area (Å²) in [4.78, 5) is 38.5. The van der Waals surface area contributed by atoms with Crippen LogP contribution >= 0.6 is 34.7 Å². The van der Waals surface area contributed by atoms with E-state index in [0.717, 1.165) is 33.9 Å². The Labute approximate surface area is 233 Å². The van der Waals surface area contributed by atoms with E-state index in [0.29, 0.717) is 15.1 Å². The van der Waals surface area contributed by atoms with Gasteiger partial charge in [-0.2, -0.15) is 0 Å². The third-order valence-corrected chi connectivity index (χ3v) is 8.34. The number of carbonyl (C=O) groups excluding carboxylic acids is 2. The Morgan fingerprint density at radius 2 is 1.85 bits per heavy atom. The second-order valence-corrected chi connectivity index (χ2v) is 10.8. The standard InChI is InChI=1S/C26H16ClFN4O5S2/c27-19-7-2-1-4-16(19)13-38-26-30-29-25(39-26)31-21(15-5-3-6-18(12-15)32(36)37)20(23(34)24(31)35)22(33)14-8-10-17(28)11-9-14/h1-12,21,33H,13H2/b22-20-. The Balaban J connectivity index is 1.57. The van der Waals surface area contributed by atoms with Crippen LogP contribution in [0.3, 0.4) is 0 Å². The third kappa shape index (κ3) is 5.26. The van der Waals surface area contributed by atoms with Gasteiger partial charge in [-0.05, 0) is 41.5 Å². The highest BCUT2D eigenvalue weighted by Gasteiger charge is 2.48. The van der Waals surface area contributed by atoms with E-state index in [9.17, 15) is 29.2 Å². The number of rotatable bonds is 7. The first kappa shape index (κ1) is 26.5. The lowest BCUT2D eigenvalue weighted by atomic mass is 9.95. The molecule has 1 saturated heterocycles. The maximum absolute atomic E-state index is 13.5. The highest BCUT2D eigenvalue weighted by molar-refractivity contribution is 8.00. The molecule has 13 heteroatoms. The molecular formula is C26H16ClFN4O5S2. The highest BCUT2D eigenvalue weighted by atomic mass is 35.5. The van der Waals surface area contributed by atoms with E-state index in [1.54, 1.807) is 6.07 Å². The van der Waals surface area contributed by atoms with E-state index >= 15 is 0 Å². The van der Waals surface area contributed by atoms with Crippen molar-refractivity contribution in [3.63, 3.8) is 0 Å². The summed E-state index contributed by atoms with van der Waals surface area (Å²) < 4.78 is 14.0. The molecule has 0 radical (unpaired) electrons. The van der Waals surface area contributed by atoms with Crippen molar-refractivity contribution in [2.24, 2.45) is 0 Å². The fourth-order valence-electron chi connectivity index (χ4n) is 4.03. The predicted molar refractivity (Wildman–Crippen MR) is 145 cm³/mol. The van der Waals surface area contributed by atoms with E-state index in [4.69, 9.17) is 11.6 Å². The lowest BCUT2D eigenvalue weighted by Crippen LogP contribution is -2.29. The molecule has 1 amide bonds. The largest absolute Gasteiger partial charge is 0.507 e. The summed E-state index contributed by atoms with van der Waals surface area (Å²) in [6, 6.07) is 16.2. The lowest BCUT2D eigenvalue weighted by Gasteiger charge is -2.22. The molecule has 1 atom stereocenters. The molecule has 1 aliphatic rings. The van der Waals surface area contributed by atoms with Crippen LogP contribution in [0.15, 0.2) is 82.7 Å². The first-order valence-electron chi connectivity index (χ1n) is 11.3. The number of ketones is 1. The zero-order chi connectivity index (χ0) is 27.7. The zero-order valence-electron chi connectivity index (χ0n) is 19.7. The Hall–Kier alpha value is -4.13. The van der Waals surface area contributed by atoms with Gasteiger partial charge in [0.05, 0.1) is 16.5 Å². The number of nitrogens with zero attached hydrogens (tertiary/aromatic N) is 4. The number of aromatic nitrogens is 2. The number of nitro groups is 1. The molecular weight excluding hydrogens is 567 g/mol. The van der Waals surface area contributed by atoms with E-state index in [1.807, 2.05) is 18.2 Å². The van der Waals surface area contributed by atoms with Crippen molar-refractivity contribution in [1.29, 1.82) is 0 Å². The lowest BCUT2D eigenvalue weighted by molar-refractivity contribution is -0.384. The van der Waals surface area contributed by atoms with Crippen molar-refractivity contribution in [3.8, 4) is 0 Å². The molecule has 5 rings (SSSR count). The quantitative estimate of drug-likeness (QED) is 0.0522. The van der Waals surface area contributed by atoms with Crippen LogP contribution in [0.5, 0.6) is 0 Å². The fraction of sp³-hybridized carbons (Fsp3) is 0.0769. The van der Waals surface area contributed by atoms with Gasteiger partial charge in [-0.25, -0.2) is 4.39 Å². The average Bonchev–Trinajstić information content (AvgIpc) is 3.50. The molecule has 4 aromatic rings. The summed E-state index contributed by atoms with van der Waals surface area (Å²) in [6.45, 7) is 0. The van der Waals surface area contributed by atoms with Gasteiger partial charge in [0, 0.05) is 28.5 Å². The normalized spacial score (nSPS) is 16.6. The molecule has 0 bridgehead atoms. The van der Waals surface area contributed by atoms with Crippen LogP contribution in [0.4, 0.5) is 15.2 Å². The van der Waals surface area contributed by atoms with Gasteiger partial charge in [0.1, 0.15) is 11.6 Å². The Morgan fingerprint density at radius 1 is 1.10 bits per heavy atom. The van der Waals surface area contributed by atoms with Crippen LogP contribution in [0.25, 0.3) is 5.76 Å². The highest BCUT2D eigenvalue weighted by Crippen LogP contribution is 2.44. The van der Waals surface area contributed by atoms with Gasteiger partial charge in [-0.1, -0.05) is 65.0 Å².